The third-order valence-electron chi connectivity index (χ3n) is 1.54. The largest absolute Gasteiger partial charge is 0.331 e. The van der Waals surface area contributed by atoms with Crippen molar-refractivity contribution in [2.24, 2.45) is 0 Å². The number of hydrogen-bond donors (Lipinski definition) is 2. The Morgan fingerprint density at radius 1 is 1.47 bits per heavy atom. The molecule has 0 radical (unpaired) electrons. The molecular formula is C6H5N7O2. The Morgan fingerprint density at radius 3 is 3.00 bits per heavy atom. The predicted molar refractivity (Wildman–Crippen MR) is 48.4 cm³/mol. The van der Waals surface area contributed by atoms with Crippen LogP contribution >= 0.6 is 0 Å². The van der Waals surface area contributed by atoms with Gasteiger partial charge in [-0.3, -0.25) is 15.2 Å². The van der Waals surface area contributed by atoms with E-state index in [1.807, 2.05) is 0 Å². The van der Waals surface area contributed by atoms with Crippen molar-refractivity contribution >= 4 is 17.5 Å². The quantitative estimate of drug-likeness (QED) is 0.546. The van der Waals surface area contributed by atoms with Crippen molar-refractivity contribution in [3.05, 3.63) is 28.7 Å². The molecule has 2 rings (SSSR count). The van der Waals surface area contributed by atoms with Crippen LogP contribution in [-0.2, 0) is 0 Å². The smallest absolute Gasteiger partial charge is 0.302 e. The van der Waals surface area contributed by atoms with E-state index in [2.05, 4.69) is 30.7 Å². The van der Waals surface area contributed by atoms with Crippen LogP contribution < -0.4 is 5.32 Å². The first-order valence-corrected chi connectivity index (χ1v) is 3.86. The van der Waals surface area contributed by atoms with Crippen molar-refractivity contribution in [2.75, 3.05) is 5.32 Å². The third-order valence-corrected chi connectivity index (χ3v) is 1.54. The van der Waals surface area contributed by atoms with Gasteiger partial charge in [0.2, 0.25) is 11.8 Å². The standard InChI is InChI=1S/C6H5N7O2/c14-13(15)4-3-9-11-5(4)10-6-7-1-2-8-12-6/h1-3H,(H2,7,9,10,11,12). The third kappa shape index (κ3) is 1.85. The molecule has 0 aromatic carbocycles. The summed E-state index contributed by atoms with van der Waals surface area (Å²) in [5.74, 6) is 0.276. The normalized spacial score (nSPS) is 9.87. The fourth-order valence-electron chi connectivity index (χ4n) is 0.927. The van der Waals surface area contributed by atoms with E-state index in [0.29, 0.717) is 0 Å². The number of aromatic nitrogens is 5. The molecule has 0 unspecified atom stereocenters. The molecule has 76 valence electrons. The van der Waals surface area contributed by atoms with E-state index in [-0.39, 0.29) is 17.5 Å². The maximum Gasteiger partial charge on any atom is 0.331 e. The fourth-order valence-corrected chi connectivity index (χ4v) is 0.927. The van der Waals surface area contributed by atoms with Crippen LogP contribution in [0.5, 0.6) is 0 Å². The molecule has 2 N–H and O–H groups in total. The molecule has 9 nitrogen and oxygen atoms in total. The van der Waals surface area contributed by atoms with Crippen molar-refractivity contribution in [3.63, 3.8) is 0 Å². The van der Waals surface area contributed by atoms with Gasteiger partial charge in [0.1, 0.15) is 6.20 Å². The summed E-state index contributed by atoms with van der Waals surface area (Å²) in [6.07, 6.45) is 3.91. The maximum absolute atomic E-state index is 10.5. The lowest BCUT2D eigenvalue weighted by Crippen LogP contribution is -2.00. The fraction of sp³-hybridized carbons (Fsp3) is 0. The molecule has 2 aromatic heterocycles. The number of hydrogen-bond acceptors (Lipinski definition) is 7. The number of nitrogens with zero attached hydrogens (tertiary/aromatic N) is 5. The number of aromatic amines is 1. The molecule has 0 bridgehead atoms. The summed E-state index contributed by atoms with van der Waals surface area (Å²) in [7, 11) is 0. The van der Waals surface area contributed by atoms with Gasteiger partial charge >= 0.3 is 5.69 Å². The molecule has 0 atom stereocenters. The van der Waals surface area contributed by atoms with E-state index < -0.39 is 4.92 Å². The molecule has 0 amide bonds. The van der Waals surface area contributed by atoms with Crippen molar-refractivity contribution in [1.29, 1.82) is 0 Å². The Labute approximate surface area is 82.7 Å². The van der Waals surface area contributed by atoms with Gasteiger partial charge in [0.25, 0.3) is 0 Å². The van der Waals surface area contributed by atoms with Crippen molar-refractivity contribution in [3.8, 4) is 0 Å². The molecular weight excluding hydrogens is 202 g/mol. The second-order valence-corrected chi connectivity index (χ2v) is 2.48. The minimum absolute atomic E-state index is 0.119. The molecule has 0 spiro atoms. The number of nitro groups is 1. The van der Waals surface area contributed by atoms with Crippen LogP contribution in [-0.4, -0.2) is 30.3 Å². The summed E-state index contributed by atoms with van der Waals surface area (Å²) in [6.45, 7) is 0. The summed E-state index contributed by atoms with van der Waals surface area (Å²) in [5, 5.41) is 26.2. The van der Waals surface area contributed by atoms with Gasteiger partial charge in [-0.1, -0.05) is 0 Å². The van der Waals surface area contributed by atoms with Crippen LogP contribution in [0.15, 0.2) is 18.6 Å². The van der Waals surface area contributed by atoms with E-state index >= 15 is 0 Å². The number of anilines is 2. The van der Waals surface area contributed by atoms with Crippen molar-refractivity contribution in [2.45, 2.75) is 0 Å². The minimum Gasteiger partial charge on any atom is -0.302 e. The molecule has 2 heterocycles. The summed E-state index contributed by atoms with van der Waals surface area (Å²) in [5.41, 5.74) is -0.178. The molecule has 0 saturated carbocycles. The highest BCUT2D eigenvalue weighted by atomic mass is 16.6. The Morgan fingerprint density at radius 2 is 2.33 bits per heavy atom. The molecule has 0 fully saturated rings. The number of rotatable bonds is 3. The van der Waals surface area contributed by atoms with Crippen LogP contribution in [0, 0.1) is 10.1 Å². The van der Waals surface area contributed by atoms with Crippen LogP contribution in [0.3, 0.4) is 0 Å². The number of nitrogens with one attached hydrogen (secondary N) is 2. The highest BCUT2D eigenvalue weighted by molar-refractivity contribution is 5.59. The first-order chi connectivity index (χ1) is 7.27. The van der Waals surface area contributed by atoms with E-state index in [1.54, 1.807) is 0 Å². The SMILES string of the molecule is O=[N+]([O-])c1cn[nH]c1Nc1nccnn1. The van der Waals surface area contributed by atoms with Crippen LogP contribution in [0.4, 0.5) is 17.5 Å². The highest BCUT2D eigenvalue weighted by Gasteiger charge is 2.16. The molecule has 0 saturated heterocycles. The van der Waals surface area contributed by atoms with Gasteiger partial charge in [0, 0.05) is 0 Å². The summed E-state index contributed by atoms with van der Waals surface area (Å²) in [4.78, 5) is 13.8. The molecule has 15 heavy (non-hydrogen) atoms. The lowest BCUT2D eigenvalue weighted by Gasteiger charge is -1.98. The summed E-state index contributed by atoms with van der Waals surface area (Å²) in [6, 6.07) is 0. The first-order valence-electron chi connectivity index (χ1n) is 3.86. The van der Waals surface area contributed by atoms with E-state index in [9.17, 15) is 10.1 Å². The zero-order chi connectivity index (χ0) is 10.7. The molecule has 0 aliphatic heterocycles. The van der Waals surface area contributed by atoms with Crippen LogP contribution in [0.1, 0.15) is 0 Å². The van der Waals surface area contributed by atoms with Gasteiger partial charge in [0.15, 0.2) is 0 Å². The van der Waals surface area contributed by atoms with Crippen molar-refractivity contribution in [1.82, 2.24) is 25.4 Å². The van der Waals surface area contributed by atoms with Gasteiger partial charge in [-0.15, -0.1) is 5.10 Å². The van der Waals surface area contributed by atoms with E-state index in [1.165, 1.54) is 12.4 Å². The van der Waals surface area contributed by atoms with Gasteiger partial charge in [-0.2, -0.15) is 10.2 Å². The molecule has 9 heteroatoms. The summed E-state index contributed by atoms with van der Waals surface area (Å²) >= 11 is 0. The average molecular weight is 207 g/mol. The Hall–Kier alpha value is -2.58. The zero-order valence-electron chi connectivity index (χ0n) is 7.28. The van der Waals surface area contributed by atoms with Gasteiger partial charge in [-0.05, 0) is 0 Å². The van der Waals surface area contributed by atoms with Crippen LogP contribution in [0.25, 0.3) is 0 Å². The number of H-pyrrole nitrogens is 1. The first kappa shape index (κ1) is 8.99. The van der Waals surface area contributed by atoms with Gasteiger partial charge in [0.05, 0.1) is 17.3 Å². The second kappa shape index (κ2) is 3.65. The van der Waals surface area contributed by atoms with E-state index in [0.717, 1.165) is 6.20 Å². The van der Waals surface area contributed by atoms with Gasteiger partial charge < -0.3 is 5.32 Å². The molecule has 2 aromatic rings. The average Bonchev–Trinajstić information content (AvgIpc) is 2.67. The Balaban J connectivity index is 2.25. The topological polar surface area (TPSA) is 123 Å². The highest BCUT2D eigenvalue weighted by Crippen LogP contribution is 2.21. The Kier molecular flexibility index (Phi) is 2.19. The van der Waals surface area contributed by atoms with Crippen LogP contribution in [0.2, 0.25) is 0 Å². The second-order valence-electron chi connectivity index (χ2n) is 2.48. The molecule has 0 aliphatic rings. The zero-order valence-corrected chi connectivity index (χ0v) is 7.28. The summed E-state index contributed by atoms with van der Waals surface area (Å²) < 4.78 is 0. The predicted octanol–water partition coefficient (Wildman–Crippen LogP) is 0.246. The van der Waals surface area contributed by atoms with Crippen molar-refractivity contribution < 1.29 is 4.92 Å². The monoisotopic (exact) mass is 207 g/mol. The van der Waals surface area contributed by atoms with Gasteiger partial charge in [-0.25, -0.2) is 4.98 Å². The minimum atomic E-state index is -0.567. The molecule has 0 aliphatic carbocycles. The van der Waals surface area contributed by atoms with E-state index in [4.69, 9.17) is 0 Å². The Bertz CT molecular complexity index is 467. The maximum atomic E-state index is 10.5. The lowest BCUT2D eigenvalue weighted by molar-refractivity contribution is -0.383. The lowest BCUT2D eigenvalue weighted by atomic mass is 10.5.